The number of nitro benzene ring substituents is 1. The molecule has 3 nitrogen and oxygen atoms in total. The molecule has 0 spiro atoms. The highest BCUT2D eigenvalue weighted by molar-refractivity contribution is 8.20. The summed E-state index contributed by atoms with van der Waals surface area (Å²) in [4.78, 5) is 9.91. The number of non-ortho nitro benzene ring substituents is 1. The standard InChI is InChI=1S/C7H6ClNO2S/c8-12-5-6-2-1-3-7(4-6)9(10)11/h1-4H,5H2. The lowest BCUT2D eigenvalue weighted by Gasteiger charge is -1.95. The zero-order valence-corrected chi connectivity index (χ0v) is 7.64. The number of benzene rings is 1. The van der Waals surface area contributed by atoms with Crippen LogP contribution in [0.25, 0.3) is 0 Å². The Morgan fingerprint density at radius 2 is 2.33 bits per heavy atom. The van der Waals surface area contributed by atoms with Crippen molar-refractivity contribution < 1.29 is 4.92 Å². The summed E-state index contributed by atoms with van der Waals surface area (Å²) in [7, 11) is 6.54. The smallest absolute Gasteiger partial charge is 0.258 e. The first-order valence-electron chi connectivity index (χ1n) is 3.21. The maximum absolute atomic E-state index is 10.3. The van der Waals surface area contributed by atoms with Crippen molar-refractivity contribution >= 4 is 27.3 Å². The average Bonchev–Trinajstić information content (AvgIpc) is 2.05. The van der Waals surface area contributed by atoms with E-state index in [-0.39, 0.29) is 5.69 Å². The summed E-state index contributed by atoms with van der Waals surface area (Å²) in [6, 6.07) is 6.45. The van der Waals surface area contributed by atoms with Crippen molar-refractivity contribution in [1.29, 1.82) is 0 Å². The van der Waals surface area contributed by atoms with Crippen molar-refractivity contribution in [2.24, 2.45) is 0 Å². The second-order valence-corrected chi connectivity index (χ2v) is 3.34. The van der Waals surface area contributed by atoms with Gasteiger partial charge in [-0.3, -0.25) is 10.1 Å². The maximum atomic E-state index is 10.3. The number of nitro groups is 1. The Kier molecular flexibility index (Phi) is 3.37. The van der Waals surface area contributed by atoms with Crippen LogP contribution in [0.4, 0.5) is 5.69 Å². The molecule has 0 aliphatic heterocycles. The Morgan fingerprint density at radius 3 is 2.92 bits per heavy atom. The molecule has 0 radical (unpaired) electrons. The molecule has 0 fully saturated rings. The van der Waals surface area contributed by atoms with Gasteiger partial charge in [0.1, 0.15) is 0 Å². The van der Waals surface area contributed by atoms with Crippen LogP contribution in [0, 0.1) is 10.1 Å². The van der Waals surface area contributed by atoms with Crippen molar-refractivity contribution in [1.82, 2.24) is 0 Å². The highest BCUT2D eigenvalue weighted by Gasteiger charge is 2.04. The lowest BCUT2D eigenvalue weighted by molar-refractivity contribution is -0.384. The fourth-order valence-electron chi connectivity index (χ4n) is 0.823. The van der Waals surface area contributed by atoms with Crippen molar-refractivity contribution in [3.8, 4) is 0 Å². The van der Waals surface area contributed by atoms with E-state index in [9.17, 15) is 10.1 Å². The second kappa shape index (κ2) is 4.33. The minimum atomic E-state index is -0.414. The van der Waals surface area contributed by atoms with E-state index in [1.54, 1.807) is 6.07 Å². The van der Waals surface area contributed by atoms with Gasteiger partial charge < -0.3 is 0 Å². The second-order valence-electron chi connectivity index (χ2n) is 2.18. The number of halogens is 1. The van der Waals surface area contributed by atoms with Crippen LogP contribution in [0.5, 0.6) is 0 Å². The third-order valence-electron chi connectivity index (χ3n) is 1.34. The molecule has 1 aromatic carbocycles. The first-order chi connectivity index (χ1) is 5.74. The van der Waals surface area contributed by atoms with Crippen LogP contribution in [-0.4, -0.2) is 4.92 Å². The molecule has 0 amide bonds. The van der Waals surface area contributed by atoms with Gasteiger partial charge in [-0.25, -0.2) is 0 Å². The molecule has 0 heterocycles. The molecule has 5 heteroatoms. The van der Waals surface area contributed by atoms with Crippen molar-refractivity contribution in [2.75, 3.05) is 0 Å². The molecule has 0 unspecified atom stereocenters. The number of hydrogen-bond donors (Lipinski definition) is 0. The topological polar surface area (TPSA) is 43.1 Å². The molecule has 0 bridgehead atoms. The maximum Gasteiger partial charge on any atom is 0.269 e. The summed E-state index contributed by atoms with van der Waals surface area (Å²) in [6.45, 7) is 0. The summed E-state index contributed by atoms with van der Waals surface area (Å²) < 4.78 is 0. The SMILES string of the molecule is O=[N+]([O-])c1cccc(CSCl)c1. The first-order valence-corrected chi connectivity index (χ1v) is 5.02. The van der Waals surface area contributed by atoms with E-state index < -0.39 is 4.92 Å². The molecule has 64 valence electrons. The molecular formula is C7H6ClNO2S. The van der Waals surface area contributed by atoms with Crippen molar-refractivity contribution in [3.05, 3.63) is 39.9 Å². The quantitative estimate of drug-likeness (QED) is 0.560. The Morgan fingerprint density at radius 1 is 1.58 bits per heavy atom. The van der Waals surface area contributed by atoms with E-state index in [2.05, 4.69) is 0 Å². The molecule has 0 N–H and O–H groups in total. The molecule has 0 atom stereocenters. The van der Waals surface area contributed by atoms with Crippen LogP contribution in [-0.2, 0) is 5.75 Å². The van der Waals surface area contributed by atoms with Gasteiger partial charge in [0, 0.05) is 17.9 Å². The normalized spacial score (nSPS) is 9.75. The van der Waals surface area contributed by atoms with Gasteiger partial charge in [0.2, 0.25) is 0 Å². The zero-order valence-electron chi connectivity index (χ0n) is 6.07. The average molecular weight is 204 g/mol. The first kappa shape index (κ1) is 9.35. The summed E-state index contributed by atoms with van der Waals surface area (Å²) in [5, 5.41) is 10.3. The van der Waals surface area contributed by atoms with Gasteiger partial charge in [0.05, 0.1) is 4.92 Å². The highest BCUT2D eigenvalue weighted by Crippen LogP contribution is 2.19. The Balaban J connectivity index is 2.88. The van der Waals surface area contributed by atoms with Crippen LogP contribution < -0.4 is 0 Å². The number of nitrogens with zero attached hydrogens (tertiary/aromatic N) is 1. The van der Waals surface area contributed by atoms with E-state index in [0.29, 0.717) is 5.75 Å². The summed E-state index contributed by atoms with van der Waals surface area (Å²) in [5.41, 5.74) is 0.974. The minimum Gasteiger partial charge on any atom is -0.258 e. The summed E-state index contributed by atoms with van der Waals surface area (Å²) in [5.74, 6) is 0.587. The van der Waals surface area contributed by atoms with Crippen molar-refractivity contribution in [3.63, 3.8) is 0 Å². The molecule has 1 aromatic rings. The fraction of sp³-hybridized carbons (Fsp3) is 0.143. The van der Waals surface area contributed by atoms with Gasteiger partial charge in [0.15, 0.2) is 0 Å². The van der Waals surface area contributed by atoms with E-state index in [0.717, 1.165) is 16.5 Å². The molecule has 0 aliphatic carbocycles. The van der Waals surface area contributed by atoms with Crippen molar-refractivity contribution in [2.45, 2.75) is 5.75 Å². The van der Waals surface area contributed by atoms with E-state index in [4.69, 9.17) is 10.7 Å². The van der Waals surface area contributed by atoms with Gasteiger partial charge in [-0.05, 0) is 16.2 Å². The molecule has 0 aliphatic rings. The van der Waals surface area contributed by atoms with Crippen LogP contribution >= 0.6 is 21.7 Å². The lowest BCUT2D eigenvalue weighted by atomic mass is 10.2. The van der Waals surface area contributed by atoms with E-state index in [1.165, 1.54) is 12.1 Å². The zero-order chi connectivity index (χ0) is 8.97. The summed E-state index contributed by atoms with van der Waals surface area (Å²) >= 11 is 0. The van der Waals surface area contributed by atoms with Gasteiger partial charge in [-0.1, -0.05) is 23.1 Å². The van der Waals surface area contributed by atoms with E-state index >= 15 is 0 Å². The third kappa shape index (κ3) is 2.39. The predicted octanol–water partition coefficient (Wildman–Crippen LogP) is 2.98. The van der Waals surface area contributed by atoms with Gasteiger partial charge in [-0.2, -0.15) is 0 Å². The van der Waals surface area contributed by atoms with Gasteiger partial charge in [-0.15, -0.1) is 0 Å². The van der Waals surface area contributed by atoms with E-state index in [1.807, 2.05) is 6.07 Å². The molecule has 0 aromatic heterocycles. The Bertz CT molecular complexity index is 292. The largest absolute Gasteiger partial charge is 0.269 e. The monoisotopic (exact) mass is 203 g/mol. The fourth-order valence-corrected chi connectivity index (χ4v) is 1.51. The lowest BCUT2D eigenvalue weighted by Crippen LogP contribution is -1.88. The predicted molar refractivity (Wildman–Crippen MR) is 50.2 cm³/mol. The van der Waals surface area contributed by atoms with Crippen LogP contribution in [0.3, 0.4) is 0 Å². The minimum absolute atomic E-state index is 0.109. The van der Waals surface area contributed by atoms with Crippen LogP contribution in [0.2, 0.25) is 0 Å². The molecule has 1 rings (SSSR count). The third-order valence-corrected chi connectivity index (χ3v) is 2.11. The number of hydrogen-bond acceptors (Lipinski definition) is 3. The van der Waals surface area contributed by atoms with Crippen LogP contribution in [0.15, 0.2) is 24.3 Å². The number of rotatable bonds is 3. The Labute approximate surface area is 78.4 Å². The molecule has 12 heavy (non-hydrogen) atoms. The molecular weight excluding hydrogens is 198 g/mol. The Hall–Kier alpha value is -0.740. The molecule has 0 saturated carbocycles. The van der Waals surface area contributed by atoms with Crippen LogP contribution in [0.1, 0.15) is 5.56 Å². The summed E-state index contributed by atoms with van der Waals surface area (Å²) in [6.07, 6.45) is 0. The van der Waals surface area contributed by atoms with Gasteiger partial charge >= 0.3 is 0 Å². The molecule has 0 saturated heterocycles. The highest BCUT2D eigenvalue weighted by atomic mass is 35.7. The van der Waals surface area contributed by atoms with Gasteiger partial charge in [0.25, 0.3) is 5.69 Å².